The first-order chi connectivity index (χ1) is 7.25. The smallest absolute Gasteiger partial charge is 0.205 e. The molecule has 0 amide bonds. The van der Waals surface area contributed by atoms with E-state index in [0.717, 1.165) is 19.4 Å². The van der Waals surface area contributed by atoms with Crippen LogP contribution in [0, 0.1) is 0 Å². The summed E-state index contributed by atoms with van der Waals surface area (Å²) in [5.74, 6) is 0.0547. The molecule has 0 aliphatic carbocycles. The van der Waals surface area contributed by atoms with Gasteiger partial charge in [-0.1, -0.05) is 0 Å². The summed E-state index contributed by atoms with van der Waals surface area (Å²) in [5, 5.41) is 11.8. The average Bonchev–Trinajstić information content (AvgIpc) is 2.70. The molecule has 2 heterocycles. The summed E-state index contributed by atoms with van der Waals surface area (Å²) in [7, 11) is 0. The fraction of sp³-hybridized carbons (Fsp3) is 0.600. The minimum atomic E-state index is -0.275. The van der Waals surface area contributed by atoms with Crippen molar-refractivity contribution in [2.45, 2.75) is 18.9 Å². The molecule has 1 aliphatic heterocycles. The van der Waals surface area contributed by atoms with Crippen molar-refractivity contribution < 1.29 is 9.90 Å². The Morgan fingerprint density at radius 2 is 2.50 bits per heavy atom. The summed E-state index contributed by atoms with van der Waals surface area (Å²) in [6.45, 7) is 1.88. The van der Waals surface area contributed by atoms with Crippen molar-refractivity contribution in [1.29, 1.82) is 0 Å². The predicted molar refractivity (Wildman–Crippen MR) is 65.4 cm³/mol. The van der Waals surface area contributed by atoms with Gasteiger partial charge in [0, 0.05) is 18.1 Å². The highest BCUT2D eigenvalue weighted by Crippen LogP contribution is 2.11. The van der Waals surface area contributed by atoms with Crippen molar-refractivity contribution >= 4 is 29.5 Å². The molecule has 90 valence electrons. The summed E-state index contributed by atoms with van der Waals surface area (Å²) in [5.41, 5.74) is 0. The molecule has 1 unspecified atom stereocenters. The Labute approximate surface area is 105 Å². The highest BCUT2D eigenvalue weighted by molar-refractivity contribution is 7.11. The van der Waals surface area contributed by atoms with Gasteiger partial charge >= 0.3 is 0 Å². The molecule has 6 heteroatoms. The van der Waals surface area contributed by atoms with Crippen molar-refractivity contribution in [2.24, 2.45) is 0 Å². The second-order valence-electron chi connectivity index (χ2n) is 3.79. The van der Waals surface area contributed by atoms with Crippen LogP contribution in [0.1, 0.15) is 22.6 Å². The molecule has 1 aliphatic rings. The fourth-order valence-electron chi connectivity index (χ4n) is 1.81. The second kappa shape index (κ2) is 6.30. The van der Waals surface area contributed by atoms with E-state index in [1.807, 2.05) is 4.90 Å². The van der Waals surface area contributed by atoms with Gasteiger partial charge < -0.3 is 5.11 Å². The molecule has 4 nitrogen and oxygen atoms in total. The van der Waals surface area contributed by atoms with E-state index in [9.17, 15) is 9.90 Å². The van der Waals surface area contributed by atoms with Gasteiger partial charge in [-0.05, 0) is 19.4 Å². The van der Waals surface area contributed by atoms with E-state index in [2.05, 4.69) is 4.98 Å². The van der Waals surface area contributed by atoms with Crippen LogP contribution in [0.4, 0.5) is 0 Å². The number of ketones is 1. The minimum Gasteiger partial charge on any atom is -0.392 e. The first-order valence-electron chi connectivity index (χ1n) is 5.09. The Morgan fingerprint density at radius 1 is 1.69 bits per heavy atom. The Balaban J connectivity index is 0.00000128. The number of piperidine rings is 1. The van der Waals surface area contributed by atoms with E-state index in [-0.39, 0.29) is 24.3 Å². The van der Waals surface area contributed by atoms with Gasteiger partial charge in [-0.3, -0.25) is 9.69 Å². The number of carbonyl (C=O) groups excluding carboxylic acids is 1. The zero-order valence-electron chi connectivity index (χ0n) is 8.83. The molecule has 0 radical (unpaired) electrons. The fourth-order valence-corrected chi connectivity index (χ4v) is 2.37. The molecule has 2 rings (SSSR count). The Kier molecular flexibility index (Phi) is 5.34. The normalized spacial score (nSPS) is 21.4. The number of aliphatic hydroxyl groups excluding tert-OH is 1. The Morgan fingerprint density at radius 3 is 3.12 bits per heavy atom. The lowest BCUT2D eigenvalue weighted by Crippen LogP contribution is -2.41. The van der Waals surface area contributed by atoms with Crippen molar-refractivity contribution in [2.75, 3.05) is 19.6 Å². The maximum atomic E-state index is 11.7. The molecule has 1 aromatic heterocycles. The summed E-state index contributed by atoms with van der Waals surface area (Å²) in [4.78, 5) is 17.7. The van der Waals surface area contributed by atoms with Crippen molar-refractivity contribution in [3.05, 3.63) is 16.6 Å². The average molecular weight is 263 g/mol. The molecule has 0 saturated carbocycles. The van der Waals surface area contributed by atoms with Crippen LogP contribution in [0.5, 0.6) is 0 Å². The summed E-state index contributed by atoms with van der Waals surface area (Å²) >= 11 is 1.37. The number of aliphatic hydroxyl groups is 1. The van der Waals surface area contributed by atoms with Crippen LogP contribution in [0.15, 0.2) is 11.6 Å². The minimum absolute atomic E-state index is 0. The van der Waals surface area contributed by atoms with Gasteiger partial charge in [0.2, 0.25) is 5.78 Å². The SMILES string of the molecule is Cl.O=C(CN1CCCC(O)C1)c1nccs1. The molecule has 1 saturated heterocycles. The predicted octanol–water partition coefficient (Wildman–Crippen LogP) is 1.20. The van der Waals surface area contributed by atoms with Gasteiger partial charge in [0.15, 0.2) is 5.01 Å². The maximum absolute atomic E-state index is 11.7. The molecule has 1 aromatic rings. The zero-order valence-corrected chi connectivity index (χ0v) is 10.5. The topological polar surface area (TPSA) is 53.4 Å². The number of hydrogen-bond donors (Lipinski definition) is 1. The number of hydrogen-bond acceptors (Lipinski definition) is 5. The number of thiazole rings is 1. The van der Waals surface area contributed by atoms with Gasteiger partial charge in [-0.2, -0.15) is 0 Å². The van der Waals surface area contributed by atoms with Crippen LogP contribution in [0.25, 0.3) is 0 Å². The highest BCUT2D eigenvalue weighted by atomic mass is 35.5. The number of carbonyl (C=O) groups is 1. The summed E-state index contributed by atoms with van der Waals surface area (Å²) in [6, 6.07) is 0. The van der Waals surface area contributed by atoms with Crippen LogP contribution in [-0.2, 0) is 0 Å². The summed E-state index contributed by atoms with van der Waals surface area (Å²) < 4.78 is 0. The number of β-amino-alcohol motifs (C(OH)–C–C–N with tert-alkyl or cyclic N) is 1. The molecule has 0 spiro atoms. The molecule has 1 atom stereocenters. The van der Waals surface area contributed by atoms with E-state index in [0.29, 0.717) is 18.1 Å². The van der Waals surface area contributed by atoms with Gasteiger partial charge in [0.1, 0.15) is 0 Å². The van der Waals surface area contributed by atoms with Crippen molar-refractivity contribution in [3.8, 4) is 0 Å². The van der Waals surface area contributed by atoms with E-state index in [4.69, 9.17) is 0 Å². The number of likely N-dealkylation sites (tertiary alicyclic amines) is 1. The quantitative estimate of drug-likeness (QED) is 0.832. The summed E-state index contributed by atoms with van der Waals surface area (Å²) in [6.07, 6.45) is 3.18. The van der Waals surface area contributed by atoms with Crippen molar-refractivity contribution in [3.63, 3.8) is 0 Å². The van der Waals surface area contributed by atoms with E-state index in [1.165, 1.54) is 11.3 Å². The van der Waals surface area contributed by atoms with Crippen LogP contribution in [0.2, 0.25) is 0 Å². The van der Waals surface area contributed by atoms with Crippen LogP contribution in [0.3, 0.4) is 0 Å². The number of aromatic nitrogens is 1. The first-order valence-corrected chi connectivity index (χ1v) is 5.97. The van der Waals surface area contributed by atoms with Gasteiger partial charge in [0.25, 0.3) is 0 Å². The molecular formula is C10H15ClN2O2S. The van der Waals surface area contributed by atoms with E-state index >= 15 is 0 Å². The number of Topliss-reactive ketones (excluding diaryl/α,β-unsaturated/α-hetero) is 1. The van der Waals surface area contributed by atoms with Gasteiger partial charge in [-0.15, -0.1) is 23.7 Å². The molecule has 0 aromatic carbocycles. The van der Waals surface area contributed by atoms with Gasteiger partial charge in [0.05, 0.1) is 12.6 Å². The Bertz CT molecular complexity index is 332. The van der Waals surface area contributed by atoms with Crippen molar-refractivity contribution in [1.82, 2.24) is 9.88 Å². The second-order valence-corrected chi connectivity index (χ2v) is 4.69. The lowest BCUT2D eigenvalue weighted by molar-refractivity contribution is 0.0634. The molecule has 1 fully saturated rings. The third kappa shape index (κ3) is 3.52. The lowest BCUT2D eigenvalue weighted by Gasteiger charge is -2.28. The molecular weight excluding hydrogens is 248 g/mol. The molecule has 1 N–H and O–H groups in total. The van der Waals surface area contributed by atoms with E-state index < -0.39 is 0 Å². The highest BCUT2D eigenvalue weighted by Gasteiger charge is 2.20. The Hall–Kier alpha value is -0.490. The third-order valence-corrected chi connectivity index (χ3v) is 3.33. The standard InChI is InChI=1S/C10H14N2O2S.ClH/c13-8-2-1-4-12(6-8)7-9(14)10-11-3-5-15-10;/h3,5,8,13H,1-2,4,6-7H2;1H. The van der Waals surface area contributed by atoms with E-state index in [1.54, 1.807) is 11.6 Å². The monoisotopic (exact) mass is 262 g/mol. The van der Waals surface area contributed by atoms with Crippen LogP contribution in [-0.4, -0.2) is 46.5 Å². The molecule has 0 bridgehead atoms. The number of halogens is 1. The van der Waals surface area contributed by atoms with Crippen LogP contribution < -0.4 is 0 Å². The van der Waals surface area contributed by atoms with Crippen LogP contribution >= 0.6 is 23.7 Å². The first kappa shape index (κ1) is 13.6. The number of rotatable bonds is 3. The zero-order chi connectivity index (χ0) is 10.7. The third-order valence-electron chi connectivity index (χ3n) is 2.52. The maximum Gasteiger partial charge on any atom is 0.205 e. The molecule has 16 heavy (non-hydrogen) atoms. The lowest BCUT2D eigenvalue weighted by atomic mass is 10.1. The van der Waals surface area contributed by atoms with Gasteiger partial charge in [-0.25, -0.2) is 4.98 Å². The number of nitrogens with zero attached hydrogens (tertiary/aromatic N) is 2. The largest absolute Gasteiger partial charge is 0.392 e.